The van der Waals surface area contributed by atoms with E-state index in [4.69, 9.17) is 4.74 Å². The van der Waals surface area contributed by atoms with Crippen LogP contribution in [0.3, 0.4) is 0 Å². The van der Waals surface area contributed by atoms with Gasteiger partial charge in [-0.1, -0.05) is 0 Å². The smallest absolute Gasteiger partial charge is 0.326 e. The number of halogens is 1. The fourth-order valence-corrected chi connectivity index (χ4v) is 3.89. The molecule has 8 nitrogen and oxygen atoms in total. The van der Waals surface area contributed by atoms with E-state index in [0.717, 1.165) is 48.7 Å². The summed E-state index contributed by atoms with van der Waals surface area (Å²) in [7, 11) is 0. The quantitative estimate of drug-likeness (QED) is 0.421. The molecule has 4 heterocycles. The summed E-state index contributed by atoms with van der Waals surface area (Å²) < 4.78 is 20.9. The maximum absolute atomic E-state index is 15.0. The van der Waals surface area contributed by atoms with Crippen LogP contribution in [0.25, 0.3) is 10.9 Å². The molecule has 1 aromatic carbocycles. The highest BCUT2D eigenvalue weighted by Crippen LogP contribution is 2.31. The number of aromatic nitrogens is 5. The van der Waals surface area contributed by atoms with Crippen LogP contribution in [0.5, 0.6) is 11.8 Å². The van der Waals surface area contributed by atoms with Crippen LogP contribution < -0.4 is 15.0 Å². The van der Waals surface area contributed by atoms with E-state index in [0.29, 0.717) is 17.0 Å². The van der Waals surface area contributed by atoms with E-state index in [9.17, 15) is 0 Å². The van der Waals surface area contributed by atoms with Crippen LogP contribution >= 0.6 is 0 Å². The molecule has 0 unspecified atom stereocenters. The van der Waals surface area contributed by atoms with E-state index >= 15 is 4.39 Å². The monoisotopic (exact) mass is 421 g/mol. The lowest BCUT2D eigenvalue weighted by Crippen LogP contribution is -2.30. The van der Waals surface area contributed by atoms with Gasteiger partial charge in [-0.25, -0.2) is 4.39 Å². The zero-order chi connectivity index (χ0) is 21.4. The average Bonchev–Trinajstić information content (AvgIpc) is 3.35. The molecule has 0 aliphatic carbocycles. The van der Waals surface area contributed by atoms with Crippen molar-refractivity contribution in [3.05, 3.63) is 47.5 Å². The molecule has 1 saturated heterocycles. The first-order chi connectivity index (χ1) is 15.0. The van der Waals surface area contributed by atoms with Gasteiger partial charge in [0, 0.05) is 47.5 Å². The maximum atomic E-state index is 15.0. The minimum Gasteiger partial charge on any atom is -0.421 e. The second-order valence-corrected chi connectivity index (χ2v) is 7.90. The Kier molecular flexibility index (Phi) is 4.93. The van der Waals surface area contributed by atoms with Gasteiger partial charge in [0.2, 0.25) is 0 Å². The van der Waals surface area contributed by atoms with Gasteiger partial charge in [0.1, 0.15) is 11.6 Å². The van der Waals surface area contributed by atoms with E-state index in [1.807, 2.05) is 26.0 Å². The molecule has 31 heavy (non-hydrogen) atoms. The van der Waals surface area contributed by atoms with Crippen LogP contribution in [-0.4, -0.2) is 38.2 Å². The summed E-state index contributed by atoms with van der Waals surface area (Å²) >= 11 is 0. The Morgan fingerprint density at radius 1 is 1.00 bits per heavy atom. The molecule has 1 aliphatic heterocycles. The number of hydrogen-bond donors (Lipinski definition) is 3. The zero-order valence-electron chi connectivity index (χ0n) is 17.5. The minimum absolute atomic E-state index is 0.0864. The number of piperidine rings is 1. The molecule has 3 aromatic heterocycles. The molecule has 1 fully saturated rings. The second-order valence-electron chi connectivity index (χ2n) is 7.90. The van der Waals surface area contributed by atoms with Crippen molar-refractivity contribution in [3.63, 3.8) is 0 Å². The van der Waals surface area contributed by atoms with Gasteiger partial charge in [-0.3, -0.25) is 5.10 Å². The molecule has 5 rings (SSSR count). The van der Waals surface area contributed by atoms with E-state index in [-0.39, 0.29) is 11.8 Å². The number of aryl methyl sites for hydroxylation is 2. The topological polar surface area (TPSA) is 94.8 Å². The van der Waals surface area contributed by atoms with Crippen molar-refractivity contribution in [2.24, 2.45) is 0 Å². The van der Waals surface area contributed by atoms with Gasteiger partial charge in [-0.05, 0) is 51.3 Å². The van der Waals surface area contributed by atoms with E-state index in [2.05, 4.69) is 35.4 Å². The molecule has 0 radical (unpaired) electrons. The van der Waals surface area contributed by atoms with Gasteiger partial charge in [0.15, 0.2) is 17.4 Å². The van der Waals surface area contributed by atoms with Crippen LogP contribution in [0.4, 0.5) is 21.8 Å². The van der Waals surface area contributed by atoms with Crippen molar-refractivity contribution in [1.29, 1.82) is 0 Å². The molecule has 0 atom stereocenters. The van der Waals surface area contributed by atoms with Crippen molar-refractivity contribution in [3.8, 4) is 11.8 Å². The molecule has 0 spiro atoms. The van der Waals surface area contributed by atoms with Crippen LogP contribution in [-0.2, 0) is 0 Å². The summed E-state index contributed by atoms with van der Waals surface area (Å²) in [5.74, 6) is 1.58. The summed E-state index contributed by atoms with van der Waals surface area (Å²) in [5.41, 5.74) is 2.54. The molecule has 4 aromatic rings. The van der Waals surface area contributed by atoms with Gasteiger partial charge in [-0.15, -0.1) is 0 Å². The fourth-order valence-electron chi connectivity index (χ4n) is 3.89. The average molecular weight is 421 g/mol. The molecule has 1 aliphatic rings. The number of hydrogen-bond acceptors (Lipinski definition) is 6. The summed E-state index contributed by atoms with van der Waals surface area (Å²) in [6, 6.07) is 8.98. The third kappa shape index (κ3) is 4.03. The second kappa shape index (κ2) is 7.90. The van der Waals surface area contributed by atoms with Gasteiger partial charge < -0.3 is 19.9 Å². The fraction of sp³-hybridized carbons (Fsp3) is 0.318. The third-order valence-electron chi connectivity index (χ3n) is 5.37. The summed E-state index contributed by atoms with van der Waals surface area (Å²) in [4.78, 5) is 14.4. The normalized spacial score (nSPS) is 14.2. The SMILES string of the molecule is Cc1cc(Nc2cc(N3CCCCC3)nc(Oc3ccc4[nH]c(C)cc4c3F)n2)n[nH]1. The molecule has 9 heteroatoms. The maximum Gasteiger partial charge on any atom is 0.326 e. The Labute approximate surface area is 178 Å². The molecule has 0 saturated carbocycles. The number of fused-ring (bicyclic) bond motifs is 1. The summed E-state index contributed by atoms with van der Waals surface area (Å²) in [6.45, 7) is 5.65. The van der Waals surface area contributed by atoms with Gasteiger partial charge in [0.05, 0.1) is 0 Å². The minimum atomic E-state index is -0.439. The number of nitrogens with one attached hydrogen (secondary N) is 3. The highest BCUT2D eigenvalue weighted by atomic mass is 19.1. The molecule has 0 amide bonds. The van der Waals surface area contributed by atoms with E-state index < -0.39 is 5.82 Å². The van der Waals surface area contributed by atoms with Crippen molar-refractivity contribution < 1.29 is 9.13 Å². The zero-order valence-corrected chi connectivity index (χ0v) is 17.5. The van der Waals surface area contributed by atoms with E-state index in [1.165, 1.54) is 6.42 Å². The largest absolute Gasteiger partial charge is 0.421 e. The number of anilines is 3. The predicted molar refractivity (Wildman–Crippen MR) is 118 cm³/mol. The first-order valence-corrected chi connectivity index (χ1v) is 10.4. The number of rotatable bonds is 5. The summed E-state index contributed by atoms with van der Waals surface area (Å²) in [6.07, 6.45) is 3.43. The van der Waals surface area contributed by atoms with Crippen molar-refractivity contribution in [1.82, 2.24) is 25.1 Å². The van der Waals surface area contributed by atoms with Crippen LogP contribution in [0, 0.1) is 19.7 Å². The number of nitrogens with zero attached hydrogens (tertiary/aromatic N) is 4. The Hall–Kier alpha value is -3.62. The van der Waals surface area contributed by atoms with Gasteiger partial charge in [-0.2, -0.15) is 15.1 Å². The molecular formula is C22H24FN7O. The van der Waals surface area contributed by atoms with E-state index in [1.54, 1.807) is 18.2 Å². The predicted octanol–water partition coefficient (Wildman–Crippen LogP) is 4.96. The summed E-state index contributed by atoms with van der Waals surface area (Å²) in [5, 5.41) is 10.8. The standard InChI is InChI=1S/C22H24FN7O/c1-13-10-15-16(24-13)6-7-17(21(15)23)31-22-26-18(25-19-11-14(2)28-29-19)12-20(27-22)30-8-4-3-5-9-30/h6-7,10-12,24H,3-5,8-9H2,1-2H3,(H2,25,26,27,28,29). The third-order valence-corrected chi connectivity index (χ3v) is 5.37. The lowest BCUT2D eigenvalue weighted by atomic mass is 10.1. The lowest BCUT2D eigenvalue weighted by molar-refractivity contribution is 0.414. The van der Waals surface area contributed by atoms with Crippen molar-refractivity contribution in [2.45, 2.75) is 33.1 Å². The van der Waals surface area contributed by atoms with Crippen LogP contribution in [0.1, 0.15) is 30.7 Å². The van der Waals surface area contributed by atoms with Gasteiger partial charge >= 0.3 is 6.01 Å². The number of benzene rings is 1. The Bertz CT molecular complexity index is 1230. The molecule has 160 valence electrons. The van der Waals surface area contributed by atoms with Crippen molar-refractivity contribution in [2.75, 3.05) is 23.3 Å². The Morgan fingerprint density at radius 3 is 2.61 bits per heavy atom. The first kappa shape index (κ1) is 19.3. The Morgan fingerprint density at radius 2 is 1.84 bits per heavy atom. The molecule has 0 bridgehead atoms. The Balaban J connectivity index is 1.50. The number of ether oxygens (including phenoxy) is 1. The van der Waals surface area contributed by atoms with Crippen LogP contribution in [0.2, 0.25) is 0 Å². The van der Waals surface area contributed by atoms with Crippen molar-refractivity contribution >= 4 is 28.4 Å². The van der Waals surface area contributed by atoms with Gasteiger partial charge in [0.25, 0.3) is 0 Å². The van der Waals surface area contributed by atoms with Crippen LogP contribution in [0.15, 0.2) is 30.3 Å². The number of H-pyrrole nitrogens is 2. The first-order valence-electron chi connectivity index (χ1n) is 10.4. The number of aromatic amines is 2. The molecular weight excluding hydrogens is 397 g/mol. The highest BCUT2D eigenvalue weighted by molar-refractivity contribution is 5.82. The lowest BCUT2D eigenvalue weighted by Gasteiger charge is -2.28. The highest BCUT2D eigenvalue weighted by Gasteiger charge is 2.18. The molecule has 3 N–H and O–H groups in total.